The number of furan rings is 1. The van der Waals surface area contributed by atoms with Crippen LogP contribution in [0.3, 0.4) is 0 Å². The number of para-hydroxylation sites is 1. The van der Waals surface area contributed by atoms with Crippen LogP contribution in [0.1, 0.15) is 41.8 Å². The van der Waals surface area contributed by atoms with Gasteiger partial charge in [0.05, 0.1) is 6.54 Å². The molecule has 2 aromatic rings. The molecule has 4 heteroatoms. The van der Waals surface area contributed by atoms with Gasteiger partial charge in [0.25, 0.3) is 0 Å². The first-order valence-corrected chi connectivity index (χ1v) is 7.71. The van der Waals surface area contributed by atoms with Gasteiger partial charge < -0.3 is 14.8 Å². The monoisotopic (exact) mass is 285 g/mol. The highest BCUT2D eigenvalue weighted by Gasteiger charge is 2.41. The van der Waals surface area contributed by atoms with E-state index in [2.05, 4.69) is 5.32 Å². The molecule has 0 spiro atoms. The first-order valence-electron chi connectivity index (χ1n) is 7.71. The lowest BCUT2D eigenvalue weighted by atomic mass is 10.1. The minimum Gasteiger partial charge on any atom is -0.478 e. The van der Waals surface area contributed by atoms with Crippen LogP contribution in [0.2, 0.25) is 0 Å². The highest BCUT2D eigenvalue weighted by molar-refractivity contribution is 6.03. The zero-order valence-corrected chi connectivity index (χ0v) is 11.8. The molecule has 4 rings (SSSR count). The van der Waals surface area contributed by atoms with Crippen LogP contribution < -0.4 is 5.32 Å². The average Bonchev–Trinajstić information content (AvgIpc) is 3.36. The summed E-state index contributed by atoms with van der Waals surface area (Å²) in [5.41, 5.74) is 0.963. The Labute approximate surface area is 123 Å². The van der Waals surface area contributed by atoms with E-state index in [1.807, 2.05) is 24.3 Å². The molecule has 1 heterocycles. The molecule has 0 bridgehead atoms. The number of fused-ring (bicyclic) bond motifs is 1. The zero-order valence-electron chi connectivity index (χ0n) is 11.8. The van der Waals surface area contributed by atoms with Crippen molar-refractivity contribution >= 4 is 16.9 Å². The van der Waals surface area contributed by atoms with Crippen LogP contribution in [0.15, 0.2) is 28.7 Å². The van der Waals surface area contributed by atoms with Crippen molar-refractivity contribution in [2.24, 2.45) is 11.8 Å². The van der Waals surface area contributed by atoms with Gasteiger partial charge in [0.1, 0.15) is 16.9 Å². The number of hydrogen-bond donors (Lipinski definition) is 2. The number of nitrogens with one attached hydrogen (secondary N) is 1. The predicted molar refractivity (Wildman–Crippen MR) is 79.2 cm³/mol. The maximum Gasteiger partial charge on any atom is 0.339 e. The molecule has 110 valence electrons. The van der Waals surface area contributed by atoms with Crippen LogP contribution in [0.25, 0.3) is 11.0 Å². The summed E-state index contributed by atoms with van der Waals surface area (Å²) in [4.78, 5) is 11.5. The van der Waals surface area contributed by atoms with Crippen LogP contribution >= 0.6 is 0 Å². The molecule has 1 aromatic carbocycles. The van der Waals surface area contributed by atoms with Gasteiger partial charge in [-0.05, 0) is 43.6 Å². The molecule has 0 saturated heterocycles. The van der Waals surface area contributed by atoms with Crippen molar-refractivity contribution < 1.29 is 14.3 Å². The fraction of sp³-hybridized carbons (Fsp3) is 0.471. The Morgan fingerprint density at radius 2 is 1.90 bits per heavy atom. The standard InChI is InChI=1S/C17H19NO3/c19-17(20)15-12-3-1-2-4-13(12)21-14(15)9-18-16(10-5-6-10)11-7-8-11/h1-4,10-11,16,18H,5-9H2,(H,19,20). The Balaban J connectivity index is 1.60. The molecule has 4 nitrogen and oxygen atoms in total. The third kappa shape index (κ3) is 2.44. The fourth-order valence-corrected chi connectivity index (χ4v) is 3.29. The first-order chi connectivity index (χ1) is 10.2. The lowest BCUT2D eigenvalue weighted by Crippen LogP contribution is -2.32. The van der Waals surface area contributed by atoms with E-state index in [1.165, 1.54) is 25.7 Å². The molecule has 0 aliphatic heterocycles. The Hall–Kier alpha value is -1.81. The van der Waals surface area contributed by atoms with Crippen molar-refractivity contribution in [1.82, 2.24) is 5.32 Å². The van der Waals surface area contributed by atoms with Crippen molar-refractivity contribution in [3.8, 4) is 0 Å². The number of benzene rings is 1. The summed E-state index contributed by atoms with van der Waals surface area (Å²) in [6.45, 7) is 0.508. The summed E-state index contributed by atoms with van der Waals surface area (Å²) in [5, 5.41) is 13.7. The number of carboxylic acid groups (broad SMARTS) is 1. The molecule has 2 aliphatic rings. The number of carbonyl (C=O) groups is 1. The molecule has 0 unspecified atom stereocenters. The first kappa shape index (κ1) is 12.9. The normalized spacial score (nSPS) is 18.5. The number of aromatic carboxylic acids is 1. The van der Waals surface area contributed by atoms with Gasteiger partial charge in [0.2, 0.25) is 0 Å². The molecule has 2 saturated carbocycles. The molecule has 0 amide bonds. The molecule has 0 atom stereocenters. The average molecular weight is 285 g/mol. The number of hydrogen-bond acceptors (Lipinski definition) is 3. The summed E-state index contributed by atoms with van der Waals surface area (Å²) < 4.78 is 5.77. The van der Waals surface area contributed by atoms with Gasteiger partial charge >= 0.3 is 5.97 Å². The quantitative estimate of drug-likeness (QED) is 0.853. The summed E-state index contributed by atoms with van der Waals surface area (Å²) in [6.07, 6.45) is 5.22. The summed E-state index contributed by atoms with van der Waals surface area (Å²) >= 11 is 0. The van der Waals surface area contributed by atoms with Crippen LogP contribution in [0.5, 0.6) is 0 Å². The maximum absolute atomic E-state index is 11.5. The number of carboxylic acids is 1. The molecule has 1 aromatic heterocycles. The second-order valence-corrected chi connectivity index (χ2v) is 6.28. The van der Waals surface area contributed by atoms with E-state index in [-0.39, 0.29) is 0 Å². The van der Waals surface area contributed by atoms with Gasteiger partial charge in [-0.25, -0.2) is 4.79 Å². The van der Waals surface area contributed by atoms with E-state index in [0.29, 0.717) is 34.9 Å². The van der Waals surface area contributed by atoms with Crippen molar-refractivity contribution in [1.29, 1.82) is 0 Å². The van der Waals surface area contributed by atoms with Crippen molar-refractivity contribution in [2.45, 2.75) is 38.3 Å². The van der Waals surface area contributed by atoms with E-state index in [0.717, 1.165) is 11.8 Å². The molecule has 2 fully saturated rings. The molecular weight excluding hydrogens is 266 g/mol. The minimum absolute atomic E-state index is 0.309. The second-order valence-electron chi connectivity index (χ2n) is 6.28. The highest BCUT2D eigenvalue weighted by Crippen LogP contribution is 2.44. The van der Waals surface area contributed by atoms with Crippen molar-refractivity contribution in [2.75, 3.05) is 0 Å². The van der Waals surface area contributed by atoms with E-state index in [1.54, 1.807) is 0 Å². The molecular formula is C17H19NO3. The molecule has 2 N–H and O–H groups in total. The zero-order chi connectivity index (χ0) is 14.4. The van der Waals surface area contributed by atoms with Gasteiger partial charge in [0.15, 0.2) is 0 Å². The Morgan fingerprint density at radius 1 is 1.24 bits per heavy atom. The van der Waals surface area contributed by atoms with E-state index in [9.17, 15) is 9.90 Å². The van der Waals surface area contributed by atoms with E-state index in [4.69, 9.17) is 4.42 Å². The fourth-order valence-electron chi connectivity index (χ4n) is 3.29. The Bertz CT molecular complexity index is 670. The lowest BCUT2D eigenvalue weighted by molar-refractivity contribution is 0.0696. The van der Waals surface area contributed by atoms with Crippen LogP contribution in [-0.2, 0) is 6.54 Å². The smallest absolute Gasteiger partial charge is 0.339 e. The van der Waals surface area contributed by atoms with Crippen LogP contribution in [0.4, 0.5) is 0 Å². The summed E-state index contributed by atoms with van der Waals surface area (Å²) in [7, 11) is 0. The van der Waals surface area contributed by atoms with Gasteiger partial charge in [-0.15, -0.1) is 0 Å². The van der Waals surface area contributed by atoms with Gasteiger partial charge in [-0.3, -0.25) is 0 Å². The predicted octanol–water partition coefficient (Wildman–Crippen LogP) is 3.41. The summed E-state index contributed by atoms with van der Waals surface area (Å²) in [6, 6.07) is 7.89. The largest absolute Gasteiger partial charge is 0.478 e. The van der Waals surface area contributed by atoms with Gasteiger partial charge in [-0.2, -0.15) is 0 Å². The summed E-state index contributed by atoms with van der Waals surface area (Å²) in [5.74, 6) is 1.21. The third-order valence-electron chi connectivity index (χ3n) is 4.64. The minimum atomic E-state index is -0.911. The van der Waals surface area contributed by atoms with Crippen molar-refractivity contribution in [3.05, 3.63) is 35.6 Å². The van der Waals surface area contributed by atoms with Gasteiger partial charge in [-0.1, -0.05) is 18.2 Å². The van der Waals surface area contributed by atoms with Crippen LogP contribution in [0, 0.1) is 11.8 Å². The van der Waals surface area contributed by atoms with E-state index >= 15 is 0 Å². The third-order valence-corrected chi connectivity index (χ3v) is 4.64. The molecule has 0 radical (unpaired) electrons. The second kappa shape index (κ2) is 4.88. The Morgan fingerprint density at radius 3 is 2.52 bits per heavy atom. The highest BCUT2D eigenvalue weighted by atomic mass is 16.4. The maximum atomic E-state index is 11.5. The van der Waals surface area contributed by atoms with E-state index < -0.39 is 5.97 Å². The topological polar surface area (TPSA) is 62.5 Å². The SMILES string of the molecule is O=C(O)c1c(CNC(C2CC2)C2CC2)oc2ccccc12. The number of rotatable bonds is 6. The molecule has 2 aliphatic carbocycles. The molecule has 21 heavy (non-hydrogen) atoms. The lowest BCUT2D eigenvalue weighted by Gasteiger charge is -2.16. The van der Waals surface area contributed by atoms with Gasteiger partial charge in [0, 0.05) is 11.4 Å². The van der Waals surface area contributed by atoms with Crippen molar-refractivity contribution in [3.63, 3.8) is 0 Å². The van der Waals surface area contributed by atoms with Crippen LogP contribution in [-0.4, -0.2) is 17.1 Å². The Kier molecular flexibility index (Phi) is 3.00.